The van der Waals surface area contributed by atoms with E-state index in [1.165, 1.54) is 16.9 Å². The highest BCUT2D eigenvalue weighted by atomic mass is 32.1. The summed E-state index contributed by atoms with van der Waals surface area (Å²) in [5, 5.41) is 2.94. The number of morpholine rings is 1. The fourth-order valence-corrected chi connectivity index (χ4v) is 4.22. The van der Waals surface area contributed by atoms with E-state index >= 15 is 0 Å². The molecule has 23 heavy (non-hydrogen) atoms. The van der Waals surface area contributed by atoms with Crippen molar-refractivity contribution >= 4 is 28.7 Å². The third-order valence-electron chi connectivity index (χ3n) is 4.31. The minimum atomic E-state index is -0.0367. The summed E-state index contributed by atoms with van der Waals surface area (Å²) in [4.78, 5) is 21.2. The van der Waals surface area contributed by atoms with E-state index in [1.54, 1.807) is 17.5 Å². The molecule has 5 nitrogen and oxygen atoms in total. The highest BCUT2D eigenvalue weighted by molar-refractivity contribution is 7.14. The number of thiophene rings is 1. The van der Waals surface area contributed by atoms with Crippen LogP contribution < -0.4 is 10.2 Å². The number of ether oxygens (including phenoxy) is 1. The van der Waals surface area contributed by atoms with Crippen LogP contribution in [0.1, 0.15) is 26.5 Å². The zero-order valence-electron chi connectivity index (χ0n) is 12.9. The summed E-state index contributed by atoms with van der Waals surface area (Å²) in [7, 11) is 0. The first kappa shape index (κ1) is 14.7. The monoisotopic (exact) mass is 329 g/mol. The predicted octanol–water partition coefficient (Wildman–Crippen LogP) is 2.72. The highest BCUT2D eigenvalue weighted by Gasteiger charge is 2.18. The summed E-state index contributed by atoms with van der Waals surface area (Å²) in [6, 6.07) is 5.91. The number of hydrogen-bond acceptors (Lipinski definition) is 5. The van der Waals surface area contributed by atoms with Gasteiger partial charge >= 0.3 is 0 Å². The maximum Gasteiger partial charge on any atom is 0.265 e. The number of carbonyl (C=O) groups is 1. The van der Waals surface area contributed by atoms with Crippen molar-refractivity contribution in [3.8, 4) is 0 Å². The molecular formula is C17H19N3O2S. The summed E-state index contributed by atoms with van der Waals surface area (Å²) in [6.07, 6.45) is 5.16. The average molecular weight is 329 g/mol. The minimum Gasteiger partial charge on any atom is -0.378 e. The number of carbonyl (C=O) groups excluding carboxylic acids is 1. The third kappa shape index (κ3) is 3.09. The standard InChI is InChI=1S/C17H19N3O2S/c21-17(15-10-12-2-1-3-14(12)23-15)19-13-4-5-16(18-11-13)20-6-8-22-9-7-20/h4-5,10-11H,1-3,6-9H2,(H,19,21). The number of pyridine rings is 1. The predicted molar refractivity (Wildman–Crippen MR) is 91.6 cm³/mol. The SMILES string of the molecule is O=C(Nc1ccc(N2CCOCC2)nc1)c1cc2c(s1)CCC2. The molecule has 2 aromatic heterocycles. The van der Waals surface area contributed by atoms with Gasteiger partial charge in [-0.15, -0.1) is 11.3 Å². The summed E-state index contributed by atoms with van der Waals surface area (Å²) >= 11 is 1.62. The summed E-state index contributed by atoms with van der Waals surface area (Å²) in [5.41, 5.74) is 2.08. The smallest absolute Gasteiger partial charge is 0.265 e. The van der Waals surface area contributed by atoms with Gasteiger partial charge in [0.25, 0.3) is 5.91 Å². The van der Waals surface area contributed by atoms with Gasteiger partial charge in [-0.3, -0.25) is 4.79 Å². The van der Waals surface area contributed by atoms with Crippen LogP contribution >= 0.6 is 11.3 Å². The second-order valence-electron chi connectivity index (χ2n) is 5.87. The molecule has 0 bridgehead atoms. The highest BCUT2D eigenvalue weighted by Crippen LogP contribution is 2.31. The fourth-order valence-electron chi connectivity index (χ4n) is 3.07. The molecule has 2 aliphatic rings. The van der Waals surface area contributed by atoms with Crippen molar-refractivity contribution in [3.63, 3.8) is 0 Å². The zero-order valence-corrected chi connectivity index (χ0v) is 13.7. The largest absolute Gasteiger partial charge is 0.378 e. The van der Waals surface area contributed by atoms with E-state index < -0.39 is 0 Å². The molecule has 1 fully saturated rings. The van der Waals surface area contributed by atoms with E-state index in [-0.39, 0.29) is 5.91 Å². The zero-order chi connectivity index (χ0) is 15.6. The van der Waals surface area contributed by atoms with Crippen LogP contribution in [0, 0.1) is 0 Å². The van der Waals surface area contributed by atoms with Crippen LogP contribution in [0.15, 0.2) is 24.4 Å². The molecule has 1 aliphatic carbocycles. The van der Waals surface area contributed by atoms with Crippen molar-refractivity contribution in [3.05, 3.63) is 39.7 Å². The number of anilines is 2. The quantitative estimate of drug-likeness (QED) is 0.941. The van der Waals surface area contributed by atoms with Gasteiger partial charge in [0.05, 0.1) is 30.0 Å². The Kier molecular flexibility index (Phi) is 4.01. The van der Waals surface area contributed by atoms with Crippen LogP contribution in [0.2, 0.25) is 0 Å². The Labute approximate surface area is 139 Å². The topological polar surface area (TPSA) is 54.5 Å². The molecule has 0 saturated carbocycles. The number of amides is 1. The van der Waals surface area contributed by atoms with Gasteiger partial charge in [0.15, 0.2) is 0 Å². The van der Waals surface area contributed by atoms with E-state index in [9.17, 15) is 4.79 Å². The molecule has 0 spiro atoms. The molecule has 6 heteroatoms. The Morgan fingerprint density at radius 3 is 2.87 bits per heavy atom. The lowest BCUT2D eigenvalue weighted by Crippen LogP contribution is -2.36. The van der Waals surface area contributed by atoms with Crippen LogP contribution in [0.4, 0.5) is 11.5 Å². The molecule has 0 atom stereocenters. The summed E-state index contributed by atoms with van der Waals surface area (Å²) in [6.45, 7) is 3.20. The molecule has 3 heterocycles. The number of fused-ring (bicyclic) bond motifs is 1. The van der Waals surface area contributed by atoms with Crippen LogP contribution in [0.25, 0.3) is 0 Å². The van der Waals surface area contributed by atoms with Gasteiger partial charge in [0.2, 0.25) is 0 Å². The number of hydrogen-bond donors (Lipinski definition) is 1. The van der Waals surface area contributed by atoms with E-state index in [4.69, 9.17) is 4.74 Å². The van der Waals surface area contributed by atoms with Gasteiger partial charge in [0.1, 0.15) is 5.82 Å². The van der Waals surface area contributed by atoms with Gasteiger partial charge in [0, 0.05) is 18.0 Å². The van der Waals surface area contributed by atoms with Crippen molar-refractivity contribution in [1.29, 1.82) is 0 Å². The van der Waals surface area contributed by atoms with Crippen molar-refractivity contribution in [1.82, 2.24) is 4.98 Å². The number of aromatic nitrogens is 1. The van der Waals surface area contributed by atoms with Crippen molar-refractivity contribution in [2.45, 2.75) is 19.3 Å². The summed E-state index contributed by atoms with van der Waals surface area (Å²) < 4.78 is 5.35. The van der Waals surface area contributed by atoms with E-state index in [0.717, 1.165) is 55.5 Å². The number of nitrogens with one attached hydrogen (secondary N) is 1. The maximum atomic E-state index is 12.4. The Balaban J connectivity index is 1.42. The molecule has 0 radical (unpaired) electrons. The van der Waals surface area contributed by atoms with E-state index in [2.05, 4.69) is 15.2 Å². The lowest BCUT2D eigenvalue weighted by molar-refractivity contribution is 0.103. The van der Waals surface area contributed by atoms with Crippen LogP contribution in [0.3, 0.4) is 0 Å². The lowest BCUT2D eigenvalue weighted by Gasteiger charge is -2.27. The fraction of sp³-hybridized carbons (Fsp3) is 0.412. The number of rotatable bonds is 3. The first-order valence-corrected chi connectivity index (χ1v) is 8.83. The summed E-state index contributed by atoms with van der Waals surface area (Å²) in [5.74, 6) is 0.895. The number of nitrogens with zero attached hydrogens (tertiary/aromatic N) is 2. The van der Waals surface area contributed by atoms with Crippen LogP contribution in [-0.4, -0.2) is 37.2 Å². The molecule has 1 saturated heterocycles. The number of aryl methyl sites for hydroxylation is 2. The van der Waals surface area contributed by atoms with Gasteiger partial charge in [-0.25, -0.2) is 4.98 Å². The molecule has 1 N–H and O–H groups in total. The molecular weight excluding hydrogens is 310 g/mol. The van der Waals surface area contributed by atoms with Gasteiger partial charge < -0.3 is 15.0 Å². The molecule has 1 amide bonds. The lowest BCUT2D eigenvalue weighted by atomic mass is 10.2. The van der Waals surface area contributed by atoms with Crippen molar-refractivity contribution < 1.29 is 9.53 Å². The first-order chi connectivity index (χ1) is 11.3. The van der Waals surface area contributed by atoms with E-state index in [0.29, 0.717) is 0 Å². The van der Waals surface area contributed by atoms with E-state index in [1.807, 2.05) is 18.2 Å². The third-order valence-corrected chi connectivity index (χ3v) is 5.55. The second-order valence-corrected chi connectivity index (χ2v) is 7.01. The molecule has 120 valence electrons. The second kappa shape index (κ2) is 6.29. The Hall–Kier alpha value is -1.92. The Morgan fingerprint density at radius 2 is 2.13 bits per heavy atom. The van der Waals surface area contributed by atoms with Crippen LogP contribution in [-0.2, 0) is 17.6 Å². The van der Waals surface area contributed by atoms with Gasteiger partial charge in [-0.1, -0.05) is 0 Å². The molecule has 0 unspecified atom stereocenters. The molecule has 1 aliphatic heterocycles. The molecule has 4 rings (SSSR count). The molecule has 0 aromatic carbocycles. The van der Waals surface area contributed by atoms with Crippen molar-refractivity contribution in [2.24, 2.45) is 0 Å². The Bertz CT molecular complexity index is 684. The first-order valence-electron chi connectivity index (χ1n) is 8.01. The van der Waals surface area contributed by atoms with Crippen LogP contribution in [0.5, 0.6) is 0 Å². The normalized spacial score (nSPS) is 17.1. The van der Waals surface area contributed by atoms with Gasteiger partial charge in [-0.2, -0.15) is 0 Å². The minimum absolute atomic E-state index is 0.0367. The van der Waals surface area contributed by atoms with Gasteiger partial charge in [-0.05, 0) is 43.0 Å². The Morgan fingerprint density at radius 1 is 1.26 bits per heavy atom. The maximum absolute atomic E-state index is 12.4. The van der Waals surface area contributed by atoms with Crippen molar-refractivity contribution in [2.75, 3.05) is 36.5 Å². The average Bonchev–Trinajstić information content (AvgIpc) is 3.18. The molecule has 2 aromatic rings.